The van der Waals surface area contributed by atoms with E-state index < -0.39 is 11.6 Å². The van der Waals surface area contributed by atoms with Gasteiger partial charge in [0.25, 0.3) is 0 Å². The maximum Gasteiger partial charge on any atom is 0.148 e. The molecular formula is C14H6F2N2O. The Bertz CT molecular complexity index is 714. The van der Waals surface area contributed by atoms with Crippen LogP contribution in [0.3, 0.4) is 0 Å². The van der Waals surface area contributed by atoms with Gasteiger partial charge in [0.15, 0.2) is 0 Å². The van der Waals surface area contributed by atoms with Crippen molar-refractivity contribution in [3.8, 4) is 23.6 Å². The first-order chi connectivity index (χ1) is 9.13. The molecule has 0 spiro atoms. The average molecular weight is 256 g/mol. The number of hydrogen-bond donors (Lipinski definition) is 0. The van der Waals surface area contributed by atoms with Crippen molar-refractivity contribution in [3.05, 3.63) is 59.2 Å². The summed E-state index contributed by atoms with van der Waals surface area (Å²) in [5.41, 5.74) is -0.199. The van der Waals surface area contributed by atoms with Crippen molar-refractivity contribution in [3.63, 3.8) is 0 Å². The second-order valence-electron chi connectivity index (χ2n) is 3.61. The van der Waals surface area contributed by atoms with Gasteiger partial charge in [-0.15, -0.1) is 0 Å². The summed E-state index contributed by atoms with van der Waals surface area (Å²) >= 11 is 0. The minimum atomic E-state index is -0.725. The van der Waals surface area contributed by atoms with E-state index in [0.717, 1.165) is 18.2 Å². The lowest BCUT2D eigenvalue weighted by atomic mass is 10.2. The normalized spacial score (nSPS) is 9.47. The minimum absolute atomic E-state index is 0.0265. The largest absolute Gasteiger partial charge is 0.456 e. The van der Waals surface area contributed by atoms with Crippen molar-refractivity contribution in [1.82, 2.24) is 0 Å². The molecule has 2 aromatic carbocycles. The van der Waals surface area contributed by atoms with E-state index in [0.29, 0.717) is 0 Å². The lowest BCUT2D eigenvalue weighted by Crippen LogP contribution is -1.92. The summed E-state index contributed by atoms with van der Waals surface area (Å²) in [5, 5.41) is 17.5. The van der Waals surface area contributed by atoms with Crippen molar-refractivity contribution in [2.75, 3.05) is 0 Å². The quantitative estimate of drug-likeness (QED) is 0.826. The standard InChI is InChI=1S/C14H6F2N2O/c15-10-4-9(7-17)5-11(6-10)19-14-3-1-2-13(16)12(14)8-18/h1-6H. The fraction of sp³-hybridized carbons (Fsp3) is 0. The topological polar surface area (TPSA) is 56.8 Å². The molecule has 5 heteroatoms. The molecule has 0 aliphatic rings. The third-order valence-electron chi connectivity index (χ3n) is 2.32. The number of nitriles is 2. The molecule has 0 saturated carbocycles. The van der Waals surface area contributed by atoms with Gasteiger partial charge in [-0.25, -0.2) is 8.78 Å². The van der Waals surface area contributed by atoms with Gasteiger partial charge in [-0.1, -0.05) is 6.07 Å². The van der Waals surface area contributed by atoms with E-state index in [1.54, 1.807) is 12.1 Å². The van der Waals surface area contributed by atoms with Crippen LogP contribution < -0.4 is 4.74 Å². The highest BCUT2D eigenvalue weighted by atomic mass is 19.1. The molecule has 2 rings (SSSR count). The van der Waals surface area contributed by atoms with Gasteiger partial charge in [-0.05, 0) is 24.3 Å². The number of nitrogens with zero attached hydrogens (tertiary/aromatic N) is 2. The third-order valence-corrected chi connectivity index (χ3v) is 2.32. The van der Waals surface area contributed by atoms with Gasteiger partial charge in [-0.2, -0.15) is 10.5 Å². The van der Waals surface area contributed by atoms with Crippen LogP contribution in [0.2, 0.25) is 0 Å². The van der Waals surface area contributed by atoms with E-state index in [1.807, 2.05) is 0 Å². The molecular weight excluding hydrogens is 250 g/mol. The Morgan fingerprint density at radius 2 is 1.79 bits per heavy atom. The second kappa shape index (κ2) is 5.16. The molecule has 0 saturated heterocycles. The van der Waals surface area contributed by atoms with Crippen molar-refractivity contribution >= 4 is 0 Å². The number of rotatable bonds is 2. The van der Waals surface area contributed by atoms with Gasteiger partial charge in [0.1, 0.15) is 34.8 Å². The highest BCUT2D eigenvalue weighted by Gasteiger charge is 2.10. The first-order valence-corrected chi connectivity index (χ1v) is 5.21. The zero-order valence-electron chi connectivity index (χ0n) is 9.52. The van der Waals surface area contributed by atoms with Crippen LogP contribution in [0, 0.1) is 34.3 Å². The average Bonchev–Trinajstić information content (AvgIpc) is 2.38. The molecule has 0 radical (unpaired) electrons. The summed E-state index contributed by atoms with van der Waals surface area (Å²) in [6, 6.07) is 10.7. The van der Waals surface area contributed by atoms with E-state index >= 15 is 0 Å². The highest BCUT2D eigenvalue weighted by Crippen LogP contribution is 2.27. The number of halogens is 2. The molecule has 2 aromatic rings. The van der Waals surface area contributed by atoms with Gasteiger partial charge in [0.05, 0.1) is 11.6 Å². The van der Waals surface area contributed by atoms with Gasteiger partial charge < -0.3 is 4.74 Å². The summed E-state index contributed by atoms with van der Waals surface area (Å²) < 4.78 is 31.8. The number of benzene rings is 2. The third kappa shape index (κ3) is 2.67. The zero-order valence-corrected chi connectivity index (χ0v) is 9.52. The Labute approximate surface area is 107 Å². The lowest BCUT2D eigenvalue weighted by Gasteiger charge is -2.08. The molecule has 0 atom stereocenters. The van der Waals surface area contributed by atoms with Crippen molar-refractivity contribution in [1.29, 1.82) is 10.5 Å². The molecule has 3 nitrogen and oxygen atoms in total. The molecule has 0 unspecified atom stereocenters. The van der Waals surface area contributed by atoms with Crippen LogP contribution in [-0.2, 0) is 0 Å². The predicted molar refractivity (Wildman–Crippen MR) is 62.3 cm³/mol. The van der Waals surface area contributed by atoms with Gasteiger partial charge in [0.2, 0.25) is 0 Å². The molecule has 0 aliphatic carbocycles. The zero-order chi connectivity index (χ0) is 13.8. The van der Waals surface area contributed by atoms with Gasteiger partial charge in [-0.3, -0.25) is 0 Å². The van der Waals surface area contributed by atoms with E-state index in [1.165, 1.54) is 18.2 Å². The summed E-state index contributed by atoms with van der Waals surface area (Å²) in [5.74, 6) is -1.38. The van der Waals surface area contributed by atoms with Gasteiger partial charge in [0, 0.05) is 6.07 Å². The van der Waals surface area contributed by atoms with Gasteiger partial charge >= 0.3 is 0 Å². The summed E-state index contributed by atoms with van der Waals surface area (Å²) in [7, 11) is 0. The summed E-state index contributed by atoms with van der Waals surface area (Å²) in [6.07, 6.45) is 0. The van der Waals surface area contributed by atoms with Crippen LogP contribution in [0.5, 0.6) is 11.5 Å². The SMILES string of the molecule is N#Cc1cc(F)cc(Oc2cccc(F)c2C#N)c1. The Morgan fingerprint density at radius 1 is 1.00 bits per heavy atom. The van der Waals surface area contributed by atoms with E-state index in [9.17, 15) is 8.78 Å². The second-order valence-corrected chi connectivity index (χ2v) is 3.61. The van der Waals surface area contributed by atoms with Crippen LogP contribution in [0.4, 0.5) is 8.78 Å². The highest BCUT2D eigenvalue weighted by molar-refractivity contribution is 5.47. The maximum atomic E-state index is 13.3. The first kappa shape index (κ1) is 12.5. The van der Waals surface area contributed by atoms with Crippen molar-refractivity contribution in [2.45, 2.75) is 0 Å². The van der Waals surface area contributed by atoms with E-state index in [4.69, 9.17) is 15.3 Å². The smallest absolute Gasteiger partial charge is 0.148 e. The number of ether oxygens (including phenoxy) is 1. The molecule has 0 amide bonds. The Morgan fingerprint density at radius 3 is 2.47 bits per heavy atom. The van der Waals surface area contributed by atoms with E-state index in [-0.39, 0.29) is 22.6 Å². The molecule has 0 fully saturated rings. The minimum Gasteiger partial charge on any atom is -0.456 e. The Balaban J connectivity index is 2.43. The van der Waals surface area contributed by atoms with Crippen molar-refractivity contribution in [2.24, 2.45) is 0 Å². The molecule has 0 heterocycles. The molecule has 0 aromatic heterocycles. The molecule has 92 valence electrons. The van der Waals surface area contributed by atoms with Crippen LogP contribution in [-0.4, -0.2) is 0 Å². The number of hydrogen-bond acceptors (Lipinski definition) is 3. The summed E-state index contributed by atoms with van der Waals surface area (Å²) in [6.45, 7) is 0. The Hall–Kier alpha value is -2.92. The fourth-order valence-electron chi connectivity index (χ4n) is 1.51. The van der Waals surface area contributed by atoms with Crippen LogP contribution in [0.15, 0.2) is 36.4 Å². The van der Waals surface area contributed by atoms with Crippen LogP contribution in [0.25, 0.3) is 0 Å². The first-order valence-electron chi connectivity index (χ1n) is 5.21. The fourth-order valence-corrected chi connectivity index (χ4v) is 1.51. The van der Waals surface area contributed by atoms with Crippen LogP contribution in [0.1, 0.15) is 11.1 Å². The molecule has 0 aliphatic heterocycles. The summed E-state index contributed by atoms with van der Waals surface area (Å²) in [4.78, 5) is 0. The molecule has 0 bridgehead atoms. The Kier molecular flexibility index (Phi) is 3.40. The van der Waals surface area contributed by atoms with Crippen molar-refractivity contribution < 1.29 is 13.5 Å². The maximum absolute atomic E-state index is 13.3. The predicted octanol–water partition coefficient (Wildman–Crippen LogP) is 3.50. The monoisotopic (exact) mass is 256 g/mol. The lowest BCUT2D eigenvalue weighted by molar-refractivity contribution is 0.469. The molecule has 19 heavy (non-hydrogen) atoms. The van der Waals surface area contributed by atoms with Crippen LogP contribution >= 0.6 is 0 Å². The molecule has 0 N–H and O–H groups in total. The van der Waals surface area contributed by atoms with E-state index in [2.05, 4.69) is 0 Å².